The van der Waals surface area contributed by atoms with Crippen molar-refractivity contribution in [1.29, 1.82) is 0 Å². The van der Waals surface area contributed by atoms with Crippen LogP contribution in [0.4, 0.5) is 5.82 Å². The number of carbonyl (C=O) groups is 2. The zero-order chi connectivity index (χ0) is 20.7. The Hall–Kier alpha value is -2.19. The number of nitrogens with two attached hydrogens (primary N) is 2. The Bertz CT molecular complexity index is 658. The van der Waals surface area contributed by atoms with Crippen LogP contribution < -0.4 is 16.8 Å². The largest absolute Gasteiger partial charge is 0.394 e. The topological polar surface area (TPSA) is 135 Å². The van der Waals surface area contributed by atoms with Crippen LogP contribution in [0.5, 0.6) is 0 Å². The maximum Gasteiger partial charge on any atom is 0.241 e. The molecule has 28 heavy (non-hydrogen) atoms. The SMILES string of the molecule is CN(C)C(CO)(C(N)=O)[C@H](CC1CCCCC1)C(=O)NCc1ccc(N)nc1. The van der Waals surface area contributed by atoms with Crippen LogP contribution in [-0.2, 0) is 16.1 Å². The van der Waals surface area contributed by atoms with E-state index in [1.807, 2.05) is 0 Å². The Morgan fingerprint density at radius 1 is 1.32 bits per heavy atom. The van der Waals surface area contributed by atoms with Crippen molar-refractivity contribution in [3.63, 3.8) is 0 Å². The van der Waals surface area contributed by atoms with E-state index >= 15 is 0 Å². The van der Waals surface area contributed by atoms with Gasteiger partial charge in [-0.2, -0.15) is 0 Å². The van der Waals surface area contributed by atoms with Gasteiger partial charge in [0.15, 0.2) is 0 Å². The minimum atomic E-state index is -1.44. The van der Waals surface area contributed by atoms with E-state index in [0.29, 0.717) is 18.2 Å². The van der Waals surface area contributed by atoms with Gasteiger partial charge in [0.2, 0.25) is 11.8 Å². The molecule has 1 fully saturated rings. The Morgan fingerprint density at radius 3 is 2.50 bits per heavy atom. The van der Waals surface area contributed by atoms with Crippen LogP contribution in [0, 0.1) is 11.8 Å². The molecule has 1 aliphatic rings. The van der Waals surface area contributed by atoms with Crippen LogP contribution in [0.25, 0.3) is 0 Å². The van der Waals surface area contributed by atoms with E-state index in [-0.39, 0.29) is 12.5 Å². The maximum atomic E-state index is 13.2. The zero-order valence-electron chi connectivity index (χ0n) is 16.9. The third-order valence-electron chi connectivity index (χ3n) is 5.97. The fourth-order valence-electron chi connectivity index (χ4n) is 4.16. The Kier molecular flexibility index (Phi) is 7.77. The Morgan fingerprint density at radius 2 is 2.00 bits per heavy atom. The van der Waals surface area contributed by atoms with Crippen LogP contribution in [-0.4, -0.2) is 53.0 Å². The molecular weight excluding hydrogens is 358 g/mol. The molecule has 0 saturated heterocycles. The molecule has 0 aromatic carbocycles. The molecule has 2 amide bonds. The Labute approximate surface area is 166 Å². The van der Waals surface area contributed by atoms with Crippen molar-refractivity contribution in [1.82, 2.24) is 15.2 Å². The lowest BCUT2D eigenvalue weighted by Gasteiger charge is -2.42. The molecule has 1 unspecified atom stereocenters. The fourth-order valence-corrected chi connectivity index (χ4v) is 4.16. The lowest BCUT2D eigenvalue weighted by atomic mass is 9.73. The maximum absolute atomic E-state index is 13.2. The van der Waals surface area contributed by atoms with Crippen molar-refractivity contribution in [2.75, 3.05) is 26.4 Å². The zero-order valence-corrected chi connectivity index (χ0v) is 16.9. The van der Waals surface area contributed by atoms with Gasteiger partial charge in [0.25, 0.3) is 0 Å². The summed E-state index contributed by atoms with van der Waals surface area (Å²) in [6.07, 6.45) is 7.63. The monoisotopic (exact) mass is 391 g/mol. The molecule has 2 atom stereocenters. The molecule has 156 valence electrons. The van der Waals surface area contributed by atoms with Crippen molar-refractivity contribution in [3.05, 3.63) is 23.9 Å². The first kappa shape index (κ1) is 22.1. The van der Waals surface area contributed by atoms with Gasteiger partial charge in [-0.1, -0.05) is 38.2 Å². The smallest absolute Gasteiger partial charge is 0.241 e. The molecule has 1 heterocycles. The first-order valence-corrected chi connectivity index (χ1v) is 9.87. The van der Waals surface area contributed by atoms with Gasteiger partial charge >= 0.3 is 0 Å². The van der Waals surface area contributed by atoms with E-state index in [1.54, 1.807) is 37.3 Å². The Balaban J connectivity index is 2.23. The van der Waals surface area contributed by atoms with Crippen molar-refractivity contribution in [2.24, 2.45) is 17.6 Å². The number of hydrogen-bond donors (Lipinski definition) is 4. The molecular formula is C20H33N5O3. The number of aliphatic hydroxyl groups is 1. The van der Waals surface area contributed by atoms with Gasteiger partial charge in [-0.25, -0.2) is 4.98 Å². The second-order valence-corrected chi connectivity index (χ2v) is 7.94. The number of aromatic nitrogens is 1. The molecule has 6 N–H and O–H groups in total. The predicted molar refractivity (Wildman–Crippen MR) is 108 cm³/mol. The van der Waals surface area contributed by atoms with Gasteiger partial charge in [0.1, 0.15) is 11.4 Å². The second-order valence-electron chi connectivity index (χ2n) is 7.94. The molecule has 2 rings (SSSR count). The number of aliphatic hydroxyl groups excluding tert-OH is 1. The van der Waals surface area contributed by atoms with Crippen molar-refractivity contribution in [3.8, 4) is 0 Å². The van der Waals surface area contributed by atoms with E-state index in [4.69, 9.17) is 11.5 Å². The molecule has 1 aromatic rings. The predicted octanol–water partition coefficient (Wildman–Crippen LogP) is 0.645. The summed E-state index contributed by atoms with van der Waals surface area (Å²) < 4.78 is 0. The van der Waals surface area contributed by atoms with Crippen LogP contribution in [0.1, 0.15) is 44.1 Å². The summed E-state index contributed by atoms with van der Waals surface area (Å²) in [6.45, 7) is -0.245. The number of nitrogen functional groups attached to an aromatic ring is 1. The van der Waals surface area contributed by atoms with Gasteiger partial charge in [-0.3, -0.25) is 14.5 Å². The third kappa shape index (κ3) is 4.99. The van der Waals surface area contributed by atoms with Crippen LogP contribution >= 0.6 is 0 Å². The van der Waals surface area contributed by atoms with E-state index in [1.165, 1.54) is 6.42 Å². The summed E-state index contributed by atoms with van der Waals surface area (Å²) in [7, 11) is 3.35. The highest BCUT2D eigenvalue weighted by atomic mass is 16.3. The normalized spacial score (nSPS) is 18.4. The highest BCUT2D eigenvalue weighted by Gasteiger charge is 2.50. The number of carbonyl (C=O) groups excluding carboxylic acids is 2. The van der Waals surface area contributed by atoms with E-state index < -0.39 is 24.0 Å². The number of amides is 2. The summed E-state index contributed by atoms with van der Waals surface area (Å²) in [6, 6.07) is 3.46. The summed E-state index contributed by atoms with van der Waals surface area (Å²) in [5.74, 6) is -0.970. The quantitative estimate of drug-likeness (QED) is 0.488. The molecule has 8 nitrogen and oxygen atoms in total. The first-order valence-electron chi connectivity index (χ1n) is 9.87. The van der Waals surface area contributed by atoms with Gasteiger partial charge in [0, 0.05) is 12.7 Å². The number of primary amides is 1. The third-order valence-corrected chi connectivity index (χ3v) is 5.97. The van der Waals surface area contributed by atoms with Gasteiger partial charge in [-0.05, 0) is 38.1 Å². The standard InChI is InChI=1S/C20H33N5O3/c1-25(2)20(13-26,19(22)28)16(10-14-6-4-3-5-7-14)18(27)24-12-15-8-9-17(21)23-11-15/h8-9,11,14,16,26H,3-7,10,12-13H2,1-2H3,(H2,21,23)(H2,22,28)(H,24,27)/t16-,20?/m1/s1. The van der Waals surface area contributed by atoms with Gasteiger partial charge in [0.05, 0.1) is 12.5 Å². The van der Waals surface area contributed by atoms with Gasteiger partial charge in [-0.15, -0.1) is 0 Å². The van der Waals surface area contributed by atoms with Gasteiger partial charge < -0.3 is 21.9 Å². The molecule has 0 spiro atoms. The van der Waals surface area contributed by atoms with Crippen LogP contribution in [0.15, 0.2) is 18.3 Å². The minimum absolute atomic E-state index is 0.265. The lowest BCUT2D eigenvalue weighted by molar-refractivity contribution is -0.146. The average molecular weight is 392 g/mol. The highest BCUT2D eigenvalue weighted by Crippen LogP contribution is 2.35. The molecule has 1 saturated carbocycles. The number of nitrogens with one attached hydrogen (secondary N) is 1. The molecule has 0 bridgehead atoms. The molecule has 1 aliphatic carbocycles. The van der Waals surface area contributed by atoms with E-state index in [2.05, 4.69) is 10.3 Å². The number of likely N-dealkylation sites (N-methyl/N-ethyl adjacent to an activating group) is 1. The molecule has 0 radical (unpaired) electrons. The fraction of sp³-hybridized carbons (Fsp3) is 0.650. The molecule has 0 aliphatic heterocycles. The summed E-state index contributed by atoms with van der Waals surface area (Å²) in [4.78, 5) is 31.2. The average Bonchev–Trinajstić information content (AvgIpc) is 2.67. The lowest BCUT2D eigenvalue weighted by Crippen LogP contribution is -2.65. The van der Waals surface area contributed by atoms with E-state index in [0.717, 1.165) is 31.2 Å². The number of anilines is 1. The number of rotatable bonds is 9. The molecule has 1 aromatic heterocycles. The van der Waals surface area contributed by atoms with E-state index in [9.17, 15) is 14.7 Å². The van der Waals surface area contributed by atoms with Crippen molar-refractivity contribution >= 4 is 17.6 Å². The summed E-state index contributed by atoms with van der Waals surface area (Å²) in [5.41, 5.74) is 10.7. The van der Waals surface area contributed by atoms with Crippen molar-refractivity contribution < 1.29 is 14.7 Å². The summed E-state index contributed by atoms with van der Waals surface area (Å²) in [5, 5.41) is 13.0. The minimum Gasteiger partial charge on any atom is -0.394 e. The first-order chi connectivity index (χ1) is 13.3. The molecule has 8 heteroatoms. The number of nitrogens with zero attached hydrogens (tertiary/aromatic N) is 2. The van der Waals surface area contributed by atoms with Crippen molar-refractivity contribution in [2.45, 2.75) is 50.6 Å². The number of hydrogen-bond acceptors (Lipinski definition) is 6. The number of pyridine rings is 1. The van der Waals surface area contributed by atoms with Crippen LogP contribution in [0.2, 0.25) is 0 Å². The highest BCUT2D eigenvalue weighted by molar-refractivity contribution is 5.93. The van der Waals surface area contributed by atoms with Crippen LogP contribution in [0.3, 0.4) is 0 Å². The summed E-state index contributed by atoms with van der Waals surface area (Å²) >= 11 is 0. The second kappa shape index (κ2) is 9.84.